The Morgan fingerprint density at radius 3 is 2.29 bits per heavy atom. The largest absolute Gasteiger partial charge is 0.454 e. The van der Waals surface area contributed by atoms with E-state index < -0.39 is 22.6 Å². The van der Waals surface area contributed by atoms with Crippen LogP contribution in [0.4, 0.5) is 5.69 Å². The van der Waals surface area contributed by atoms with Crippen molar-refractivity contribution in [3.63, 3.8) is 0 Å². The van der Waals surface area contributed by atoms with Crippen LogP contribution in [0.25, 0.3) is 5.69 Å². The van der Waals surface area contributed by atoms with Gasteiger partial charge in [-0.15, -0.1) is 0 Å². The molecule has 0 aliphatic carbocycles. The summed E-state index contributed by atoms with van der Waals surface area (Å²) in [6, 6.07) is 12.0. The molecule has 0 aliphatic heterocycles. The van der Waals surface area contributed by atoms with Crippen LogP contribution in [0.2, 0.25) is 5.02 Å². The minimum absolute atomic E-state index is 0.00948. The highest BCUT2D eigenvalue weighted by Gasteiger charge is 2.19. The Hall–Kier alpha value is -3.14. The number of benzene rings is 2. The van der Waals surface area contributed by atoms with Gasteiger partial charge in [0, 0.05) is 22.6 Å². The molecule has 1 heterocycles. The minimum atomic E-state index is -3.80. The molecule has 0 saturated carbocycles. The van der Waals surface area contributed by atoms with Gasteiger partial charge in [-0.05, 0) is 62.4 Å². The van der Waals surface area contributed by atoms with E-state index in [1.54, 1.807) is 36.6 Å². The summed E-state index contributed by atoms with van der Waals surface area (Å²) >= 11 is 5.84. The predicted molar refractivity (Wildman–Crippen MR) is 117 cm³/mol. The molecule has 0 atom stereocenters. The van der Waals surface area contributed by atoms with Gasteiger partial charge >= 0.3 is 5.97 Å². The van der Waals surface area contributed by atoms with Crippen molar-refractivity contribution in [1.29, 1.82) is 0 Å². The van der Waals surface area contributed by atoms with Crippen molar-refractivity contribution in [3.05, 3.63) is 76.1 Å². The highest BCUT2D eigenvalue weighted by molar-refractivity contribution is 7.89. The number of anilines is 1. The van der Waals surface area contributed by atoms with Gasteiger partial charge in [0.1, 0.15) is 0 Å². The van der Waals surface area contributed by atoms with E-state index in [4.69, 9.17) is 27.2 Å². The summed E-state index contributed by atoms with van der Waals surface area (Å²) < 4.78 is 29.8. The van der Waals surface area contributed by atoms with E-state index >= 15 is 0 Å². The van der Waals surface area contributed by atoms with Gasteiger partial charge in [0.25, 0.3) is 0 Å². The smallest absolute Gasteiger partial charge is 0.338 e. The van der Waals surface area contributed by atoms with Crippen LogP contribution < -0.4 is 10.9 Å². The lowest BCUT2D eigenvalue weighted by atomic mass is 10.1. The predicted octanol–water partition coefficient (Wildman–Crippen LogP) is 3.02. The molecule has 1 aromatic heterocycles. The van der Waals surface area contributed by atoms with Crippen LogP contribution in [-0.2, 0) is 14.8 Å². The Morgan fingerprint density at radius 1 is 1.06 bits per heavy atom. The summed E-state index contributed by atoms with van der Waals surface area (Å²) in [5.74, 6) is -1.07. The van der Waals surface area contributed by atoms with Crippen LogP contribution in [-0.4, -0.2) is 31.3 Å². The highest BCUT2D eigenvalue weighted by Crippen LogP contribution is 2.23. The molecule has 0 aliphatic rings. The number of nitrogens with two attached hydrogens (primary N) is 2. The first kappa shape index (κ1) is 22.5. The van der Waals surface area contributed by atoms with E-state index in [9.17, 15) is 18.0 Å². The SMILES string of the molecule is Cc1cc(C(=O)COC(=O)c2ccc(Cl)c(N)c2)c(C)n1-c1ccc(S(N)(=O)=O)cc1. The molecule has 0 radical (unpaired) electrons. The van der Waals surface area contributed by atoms with E-state index in [0.717, 1.165) is 5.69 Å². The molecular formula is C21H20ClN3O5S. The summed E-state index contributed by atoms with van der Waals surface area (Å²) in [5, 5.41) is 5.45. The van der Waals surface area contributed by atoms with Crippen molar-refractivity contribution in [1.82, 2.24) is 4.57 Å². The number of hydrogen-bond donors (Lipinski definition) is 2. The second-order valence-corrected chi connectivity index (χ2v) is 8.86. The van der Waals surface area contributed by atoms with Crippen LogP contribution in [0.1, 0.15) is 32.1 Å². The number of aryl methyl sites for hydroxylation is 1. The third-order valence-corrected chi connectivity index (χ3v) is 5.99. The Balaban J connectivity index is 1.78. The number of hydrogen-bond acceptors (Lipinski definition) is 6. The lowest BCUT2D eigenvalue weighted by molar-refractivity contribution is 0.0474. The number of carbonyl (C=O) groups is 2. The number of nitrogens with zero attached hydrogens (tertiary/aromatic N) is 1. The molecule has 10 heteroatoms. The lowest BCUT2D eigenvalue weighted by Crippen LogP contribution is -2.15. The number of rotatable bonds is 6. The topological polar surface area (TPSA) is 134 Å². The zero-order valence-electron chi connectivity index (χ0n) is 16.8. The first-order valence-electron chi connectivity index (χ1n) is 9.06. The number of sulfonamides is 1. The first-order valence-corrected chi connectivity index (χ1v) is 11.0. The summed E-state index contributed by atoms with van der Waals surface area (Å²) in [6.07, 6.45) is 0. The molecule has 31 heavy (non-hydrogen) atoms. The summed E-state index contributed by atoms with van der Waals surface area (Å²) in [5.41, 5.74) is 8.53. The van der Waals surface area contributed by atoms with Crippen molar-refractivity contribution in [3.8, 4) is 5.69 Å². The van der Waals surface area contributed by atoms with Gasteiger partial charge in [-0.1, -0.05) is 11.6 Å². The molecule has 3 rings (SSSR count). The molecule has 0 bridgehead atoms. The monoisotopic (exact) mass is 461 g/mol. The Morgan fingerprint density at radius 2 is 1.71 bits per heavy atom. The summed E-state index contributed by atoms with van der Waals surface area (Å²) in [7, 11) is -3.80. The maximum atomic E-state index is 12.7. The number of aromatic nitrogens is 1. The van der Waals surface area contributed by atoms with Crippen LogP contribution in [0.15, 0.2) is 53.4 Å². The van der Waals surface area contributed by atoms with E-state index in [-0.39, 0.29) is 21.9 Å². The van der Waals surface area contributed by atoms with Crippen molar-refractivity contribution in [2.75, 3.05) is 12.3 Å². The number of primary sulfonamides is 1. The zero-order chi connectivity index (χ0) is 22.9. The first-order chi connectivity index (χ1) is 14.5. The number of Topliss-reactive ketones (excluding diaryl/α,β-unsaturated/α-hetero) is 1. The minimum Gasteiger partial charge on any atom is -0.454 e. The van der Waals surface area contributed by atoms with Crippen molar-refractivity contribution < 1.29 is 22.7 Å². The maximum Gasteiger partial charge on any atom is 0.338 e. The number of ether oxygens (including phenoxy) is 1. The van der Waals surface area contributed by atoms with Crippen molar-refractivity contribution in [2.24, 2.45) is 5.14 Å². The Kier molecular flexibility index (Phi) is 6.21. The van der Waals surface area contributed by atoms with Gasteiger partial charge < -0.3 is 15.0 Å². The molecule has 0 amide bonds. The normalized spacial score (nSPS) is 11.4. The van der Waals surface area contributed by atoms with Gasteiger partial charge in [-0.2, -0.15) is 0 Å². The molecular weight excluding hydrogens is 442 g/mol. The number of carbonyl (C=O) groups excluding carboxylic acids is 2. The molecule has 0 spiro atoms. The van der Waals surface area contributed by atoms with Gasteiger partial charge in [0.15, 0.2) is 6.61 Å². The van der Waals surface area contributed by atoms with Crippen molar-refractivity contribution in [2.45, 2.75) is 18.7 Å². The third-order valence-electron chi connectivity index (χ3n) is 4.72. The van der Waals surface area contributed by atoms with Gasteiger partial charge in [0.05, 0.1) is 21.2 Å². The second kappa shape index (κ2) is 8.54. The molecule has 0 unspecified atom stereocenters. The molecule has 4 N–H and O–H groups in total. The quantitative estimate of drug-likeness (QED) is 0.329. The number of esters is 1. The number of halogens is 1. The number of nitrogen functional groups attached to an aromatic ring is 1. The Bertz CT molecular complexity index is 1280. The fourth-order valence-corrected chi connectivity index (χ4v) is 3.82. The third kappa shape index (κ3) is 4.79. The van der Waals surface area contributed by atoms with Gasteiger partial charge in [-0.3, -0.25) is 4.79 Å². The van der Waals surface area contributed by atoms with E-state index in [1.807, 2.05) is 0 Å². The van der Waals surface area contributed by atoms with Gasteiger partial charge in [-0.25, -0.2) is 18.4 Å². The highest BCUT2D eigenvalue weighted by atomic mass is 35.5. The molecule has 162 valence electrons. The fourth-order valence-electron chi connectivity index (χ4n) is 3.19. The van der Waals surface area contributed by atoms with E-state index in [0.29, 0.717) is 22.0 Å². The van der Waals surface area contributed by atoms with Gasteiger partial charge in [0.2, 0.25) is 15.8 Å². The van der Waals surface area contributed by atoms with Crippen LogP contribution in [0, 0.1) is 13.8 Å². The standard InChI is InChI=1S/C21H20ClN3O5S/c1-12-9-17(13(2)25(12)15-4-6-16(7-5-15)31(24,28)29)20(26)11-30-21(27)14-3-8-18(22)19(23)10-14/h3-10H,11,23H2,1-2H3,(H2,24,28,29). The summed E-state index contributed by atoms with van der Waals surface area (Å²) in [6.45, 7) is 3.10. The van der Waals surface area contributed by atoms with Crippen LogP contribution >= 0.6 is 11.6 Å². The number of ketones is 1. The van der Waals surface area contributed by atoms with E-state index in [2.05, 4.69) is 0 Å². The molecule has 2 aromatic carbocycles. The molecule has 0 saturated heterocycles. The average Bonchev–Trinajstić information content (AvgIpc) is 3.01. The second-order valence-electron chi connectivity index (χ2n) is 6.89. The molecule has 8 nitrogen and oxygen atoms in total. The fraction of sp³-hybridized carbons (Fsp3) is 0.143. The Labute approximate surface area is 184 Å². The van der Waals surface area contributed by atoms with Crippen LogP contribution in [0.5, 0.6) is 0 Å². The molecule has 3 aromatic rings. The summed E-state index contributed by atoms with van der Waals surface area (Å²) in [4.78, 5) is 24.9. The maximum absolute atomic E-state index is 12.7. The van der Waals surface area contributed by atoms with Crippen LogP contribution in [0.3, 0.4) is 0 Å². The zero-order valence-corrected chi connectivity index (χ0v) is 18.3. The van der Waals surface area contributed by atoms with Crippen molar-refractivity contribution >= 4 is 39.1 Å². The lowest BCUT2D eigenvalue weighted by Gasteiger charge is -2.11. The average molecular weight is 462 g/mol. The molecule has 0 fully saturated rings. The van der Waals surface area contributed by atoms with E-state index in [1.165, 1.54) is 30.3 Å².